The molecule has 0 saturated heterocycles. The highest BCUT2D eigenvalue weighted by molar-refractivity contribution is 9.10. The molecule has 5 aromatic carbocycles. The number of hydrogen-bond acceptors (Lipinski definition) is 7. The van der Waals surface area contributed by atoms with E-state index in [0.717, 1.165) is 6.07 Å². The molecule has 0 atom stereocenters. The van der Waals surface area contributed by atoms with E-state index in [1.54, 1.807) is 48.5 Å². The topological polar surface area (TPSA) is 119 Å². The van der Waals surface area contributed by atoms with Gasteiger partial charge in [-0.25, -0.2) is 13.8 Å². The number of phenols is 2. The van der Waals surface area contributed by atoms with Crippen LogP contribution in [0.15, 0.2) is 89.4 Å². The Morgan fingerprint density at radius 1 is 0.651 bits per heavy atom. The average Bonchev–Trinajstić information content (AvgIpc) is 3.01. The molecule has 1 aromatic heterocycles. The van der Waals surface area contributed by atoms with Gasteiger partial charge < -0.3 is 10.2 Å². The van der Waals surface area contributed by atoms with Crippen LogP contribution in [0, 0.1) is 34.3 Å². The predicted molar refractivity (Wildman–Crippen MR) is 158 cm³/mol. The quantitative estimate of drug-likeness (QED) is 0.144. The number of nitrogens with zero attached hydrogens (tertiary/aromatic N) is 3. The van der Waals surface area contributed by atoms with Crippen molar-refractivity contribution in [3.8, 4) is 57.5 Å². The minimum Gasteiger partial charge on any atom is -0.505 e. The molecular weight excluding hydrogens is 620 g/mol. The summed E-state index contributed by atoms with van der Waals surface area (Å²) in [6, 6.07) is 25.2. The number of benzene rings is 5. The summed E-state index contributed by atoms with van der Waals surface area (Å²) in [6.07, 6.45) is 0. The van der Waals surface area contributed by atoms with Crippen molar-refractivity contribution < 1.29 is 28.8 Å². The third kappa shape index (κ3) is 5.23. The van der Waals surface area contributed by atoms with Gasteiger partial charge in [-0.2, -0.15) is 10.5 Å². The fraction of sp³-hybridized carbons (Fsp3) is 0. The van der Waals surface area contributed by atoms with Crippen molar-refractivity contribution in [2.24, 2.45) is 0 Å². The molecule has 0 fully saturated rings. The summed E-state index contributed by atoms with van der Waals surface area (Å²) < 4.78 is 28.5. The van der Waals surface area contributed by atoms with E-state index in [4.69, 9.17) is 9.78 Å². The number of hydrogen-bond donors (Lipinski definition) is 2. The van der Waals surface area contributed by atoms with Gasteiger partial charge in [0.15, 0.2) is 34.6 Å². The Hall–Kier alpha value is -5.71. The maximum absolute atomic E-state index is 14.0. The van der Waals surface area contributed by atoms with E-state index in [0.29, 0.717) is 59.8 Å². The molecule has 6 aromatic rings. The number of pyridine rings is 1. The largest absolute Gasteiger partial charge is 0.505 e. The fourth-order valence-electron chi connectivity index (χ4n) is 4.65. The van der Waals surface area contributed by atoms with E-state index in [-0.39, 0.29) is 11.3 Å². The summed E-state index contributed by atoms with van der Waals surface area (Å²) in [5.41, 5.74) is 2.76. The monoisotopic (exact) mass is 635 g/mol. The van der Waals surface area contributed by atoms with Crippen LogP contribution in [-0.2, 0) is 0 Å². The van der Waals surface area contributed by atoms with Gasteiger partial charge in [-0.15, -0.1) is 0 Å². The first kappa shape index (κ1) is 27.5. The Kier molecular flexibility index (Phi) is 6.98. The van der Waals surface area contributed by atoms with Crippen LogP contribution < -0.4 is 9.78 Å². The van der Waals surface area contributed by atoms with Gasteiger partial charge in [0.05, 0.1) is 28.4 Å². The molecule has 0 aliphatic carbocycles. The zero-order valence-electron chi connectivity index (χ0n) is 21.8. The average molecular weight is 636 g/mol. The van der Waals surface area contributed by atoms with Crippen LogP contribution in [0.5, 0.6) is 23.0 Å². The summed E-state index contributed by atoms with van der Waals surface area (Å²) >= 11 is 3.49. The zero-order chi connectivity index (χ0) is 30.2. The lowest BCUT2D eigenvalue weighted by Gasteiger charge is -2.12. The molecule has 208 valence electrons. The maximum atomic E-state index is 14.0. The van der Waals surface area contributed by atoms with Gasteiger partial charge in [0.25, 0.3) is 0 Å². The van der Waals surface area contributed by atoms with E-state index in [1.807, 2.05) is 0 Å². The van der Waals surface area contributed by atoms with E-state index in [2.05, 4.69) is 33.1 Å². The van der Waals surface area contributed by atoms with Crippen molar-refractivity contribution in [2.75, 3.05) is 0 Å². The molecule has 43 heavy (non-hydrogen) atoms. The molecule has 0 spiro atoms. The highest BCUT2D eigenvalue weighted by Crippen LogP contribution is 2.35. The summed E-state index contributed by atoms with van der Waals surface area (Å²) in [7, 11) is 0. The fourth-order valence-corrected chi connectivity index (χ4v) is 5.17. The first-order valence-corrected chi connectivity index (χ1v) is 13.4. The van der Waals surface area contributed by atoms with Crippen LogP contribution in [-0.4, -0.2) is 15.2 Å². The molecule has 10 heteroatoms. The lowest BCUT2D eigenvalue weighted by molar-refractivity contribution is -0.0997. The second-order valence-electron chi connectivity index (χ2n) is 9.49. The van der Waals surface area contributed by atoms with Crippen LogP contribution in [0.4, 0.5) is 8.78 Å². The molecule has 2 N–H and O–H groups in total. The van der Waals surface area contributed by atoms with Gasteiger partial charge in [-0.1, -0.05) is 22.0 Å². The van der Waals surface area contributed by atoms with E-state index < -0.39 is 23.1 Å². The van der Waals surface area contributed by atoms with Crippen molar-refractivity contribution in [3.05, 3.63) is 112 Å². The van der Waals surface area contributed by atoms with Crippen LogP contribution in [0.1, 0.15) is 11.1 Å². The van der Waals surface area contributed by atoms with Gasteiger partial charge >= 0.3 is 0 Å². The second kappa shape index (κ2) is 10.9. The standard InChI is InChI=1S/C33H16BrF2N3O4/c34-27-14-30(18-2-6-32(41)29(36)12-18)39-33-22(16-38)10-24(13-26(27)33)43-42-23-3-4-25-20(9-23)7-19(8-21(25)15-37)17-1-5-31(40)28(35)11-17/h1-14,40-41H. The van der Waals surface area contributed by atoms with Crippen molar-refractivity contribution in [1.29, 1.82) is 10.5 Å². The highest BCUT2D eigenvalue weighted by Gasteiger charge is 2.15. The molecule has 0 unspecified atom stereocenters. The molecule has 0 bridgehead atoms. The lowest BCUT2D eigenvalue weighted by atomic mass is 9.97. The van der Waals surface area contributed by atoms with Gasteiger partial charge in [-0.05, 0) is 94.7 Å². The summed E-state index contributed by atoms with van der Waals surface area (Å²) in [6.45, 7) is 0. The van der Waals surface area contributed by atoms with Gasteiger partial charge in [0.2, 0.25) is 0 Å². The Bertz CT molecular complexity index is 2190. The zero-order valence-corrected chi connectivity index (χ0v) is 23.4. The first-order valence-electron chi connectivity index (χ1n) is 12.6. The lowest BCUT2D eigenvalue weighted by Crippen LogP contribution is -2.01. The summed E-state index contributed by atoms with van der Waals surface area (Å²) in [4.78, 5) is 15.7. The molecule has 0 radical (unpaired) electrons. The van der Waals surface area contributed by atoms with Crippen LogP contribution >= 0.6 is 15.9 Å². The predicted octanol–water partition coefficient (Wildman–Crippen LogP) is 8.29. The SMILES string of the molecule is N#Cc1cc(-c2ccc(O)c(F)c2)cc2cc(OOc3cc(C#N)c4nc(-c5ccc(O)c(F)c5)cc(Br)c4c3)ccc12. The van der Waals surface area contributed by atoms with E-state index in [9.17, 15) is 29.5 Å². The highest BCUT2D eigenvalue weighted by atomic mass is 79.9. The van der Waals surface area contributed by atoms with Crippen LogP contribution in [0.2, 0.25) is 0 Å². The van der Waals surface area contributed by atoms with Crippen molar-refractivity contribution in [1.82, 2.24) is 4.98 Å². The molecular formula is C33H16BrF2N3O4. The molecule has 1 heterocycles. The van der Waals surface area contributed by atoms with Crippen molar-refractivity contribution in [2.45, 2.75) is 0 Å². The number of rotatable bonds is 5. The van der Waals surface area contributed by atoms with Crippen molar-refractivity contribution in [3.63, 3.8) is 0 Å². The molecule has 6 rings (SSSR count). The first-order chi connectivity index (χ1) is 20.7. The third-order valence-electron chi connectivity index (χ3n) is 6.76. The Morgan fingerprint density at radius 3 is 2.02 bits per heavy atom. The Morgan fingerprint density at radius 2 is 1.33 bits per heavy atom. The number of aromatic nitrogens is 1. The molecule has 0 saturated carbocycles. The van der Waals surface area contributed by atoms with E-state index >= 15 is 0 Å². The van der Waals surface area contributed by atoms with Crippen LogP contribution in [0.25, 0.3) is 44.1 Å². The smallest absolute Gasteiger partial charge is 0.180 e. The molecule has 0 aliphatic rings. The Labute approximate surface area is 251 Å². The van der Waals surface area contributed by atoms with Gasteiger partial charge in [0.1, 0.15) is 6.07 Å². The maximum Gasteiger partial charge on any atom is 0.180 e. The minimum atomic E-state index is -0.792. The van der Waals surface area contributed by atoms with E-state index in [1.165, 1.54) is 30.3 Å². The minimum absolute atomic E-state index is 0.181. The molecule has 7 nitrogen and oxygen atoms in total. The number of nitriles is 2. The van der Waals surface area contributed by atoms with Crippen molar-refractivity contribution >= 4 is 37.6 Å². The Balaban J connectivity index is 1.32. The summed E-state index contributed by atoms with van der Waals surface area (Å²) in [5.74, 6) is -2.01. The second-order valence-corrected chi connectivity index (χ2v) is 10.3. The van der Waals surface area contributed by atoms with Crippen LogP contribution in [0.3, 0.4) is 0 Å². The number of fused-ring (bicyclic) bond motifs is 2. The number of halogens is 3. The molecule has 0 amide bonds. The number of aromatic hydroxyl groups is 2. The molecule has 0 aliphatic heterocycles. The number of phenolic OH excluding ortho intramolecular Hbond substituents is 2. The third-order valence-corrected chi connectivity index (χ3v) is 7.42. The summed E-state index contributed by atoms with van der Waals surface area (Å²) in [5, 5.41) is 40.4. The normalized spacial score (nSPS) is 10.8. The van der Waals surface area contributed by atoms with Gasteiger partial charge in [-0.3, -0.25) is 9.78 Å². The van der Waals surface area contributed by atoms with Gasteiger partial charge in [0, 0.05) is 21.5 Å².